The van der Waals surface area contributed by atoms with Crippen LogP contribution in [0.15, 0.2) is 152 Å². The van der Waals surface area contributed by atoms with E-state index < -0.39 is 0 Å². The summed E-state index contributed by atoms with van der Waals surface area (Å²) in [4.78, 5) is 0. The number of aryl methyl sites for hydroxylation is 3. The van der Waals surface area contributed by atoms with Crippen LogP contribution >= 0.6 is 0 Å². The van der Waals surface area contributed by atoms with Crippen molar-refractivity contribution in [1.82, 2.24) is 0 Å². The number of benzene rings is 7. The van der Waals surface area contributed by atoms with Crippen molar-refractivity contribution < 1.29 is 14.6 Å². The summed E-state index contributed by atoms with van der Waals surface area (Å²) in [7, 11) is 1.64. The summed E-state index contributed by atoms with van der Waals surface area (Å²) in [6, 6.07) is 38.5. The Labute approximate surface area is 319 Å². The predicted octanol–water partition coefficient (Wildman–Crippen LogP) is 14.1. The molecule has 0 aliphatic rings. The molecule has 0 unspecified atom stereocenters. The monoisotopic (exact) mass is 725 g/mol. The Kier molecular flexibility index (Phi) is 10.8. The van der Waals surface area contributed by atoms with Crippen LogP contribution in [-0.2, 0) is 0 Å². The van der Waals surface area contributed by atoms with Gasteiger partial charge in [-0.15, -0.1) is 5.11 Å². The summed E-state index contributed by atoms with van der Waals surface area (Å²) in [5.74, 6) is 1.63. The minimum Gasteiger partial charge on any atom is -0.505 e. The first-order chi connectivity index (χ1) is 26.8. The van der Waals surface area contributed by atoms with Crippen LogP contribution in [0.1, 0.15) is 23.1 Å². The van der Waals surface area contributed by atoms with Crippen molar-refractivity contribution in [2.24, 2.45) is 30.7 Å². The number of hydrogen-bond donors (Lipinski definition) is 2. The van der Waals surface area contributed by atoms with Gasteiger partial charge in [-0.3, -0.25) is 0 Å². The number of hydrogen-bond acceptors (Lipinski definition) is 10. The largest absolute Gasteiger partial charge is 0.505 e. The molecule has 0 saturated heterocycles. The molecule has 7 aromatic rings. The summed E-state index contributed by atoms with van der Waals surface area (Å²) >= 11 is 0. The van der Waals surface area contributed by atoms with Crippen molar-refractivity contribution in [2.45, 2.75) is 27.2 Å². The number of phenols is 1. The van der Waals surface area contributed by atoms with E-state index in [2.05, 4.69) is 36.0 Å². The smallest absolute Gasteiger partial charge is 0.150 e. The van der Waals surface area contributed by atoms with Gasteiger partial charge in [0.1, 0.15) is 17.2 Å². The van der Waals surface area contributed by atoms with Gasteiger partial charge in [0, 0.05) is 22.1 Å². The van der Waals surface area contributed by atoms with E-state index in [-0.39, 0.29) is 5.75 Å². The number of phenolic OH excluding ortho intramolecular Hbond substituents is 1. The van der Waals surface area contributed by atoms with E-state index in [4.69, 9.17) is 16.4 Å². The zero-order chi connectivity index (χ0) is 38.3. The first kappa shape index (κ1) is 36.4. The Morgan fingerprint density at radius 1 is 0.564 bits per heavy atom. The lowest BCUT2D eigenvalue weighted by atomic mass is 10.1. The van der Waals surface area contributed by atoms with Crippen LogP contribution in [0.5, 0.6) is 17.2 Å². The summed E-state index contributed by atoms with van der Waals surface area (Å²) in [6.45, 7) is 11.9. The normalized spacial score (nSPS) is 11.7. The molecule has 0 fully saturated rings. The zero-order valence-corrected chi connectivity index (χ0v) is 31.0. The van der Waals surface area contributed by atoms with Gasteiger partial charge in [0.25, 0.3) is 0 Å². The molecule has 0 heterocycles. The molecular weight excluding hydrogens is 687 g/mol. The Hall–Kier alpha value is -6.94. The average molecular weight is 726 g/mol. The van der Waals surface area contributed by atoms with Crippen LogP contribution in [-0.4, -0.2) is 18.8 Å². The van der Waals surface area contributed by atoms with E-state index in [0.717, 1.165) is 72.8 Å². The second-order valence-electron chi connectivity index (χ2n) is 13.0. The highest BCUT2D eigenvalue weighted by Crippen LogP contribution is 2.39. The molecule has 272 valence electrons. The number of nitrogens with one attached hydrogen (secondary N) is 1. The maximum absolute atomic E-state index is 11.1. The molecule has 55 heavy (non-hydrogen) atoms. The van der Waals surface area contributed by atoms with E-state index in [0.29, 0.717) is 35.5 Å². The molecule has 0 saturated carbocycles. The van der Waals surface area contributed by atoms with Crippen molar-refractivity contribution in [3.63, 3.8) is 0 Å². The Balaban J connectivity index is 1.02. The number of anilines is 2. The Morgan fingerprint density at radius 2 is 1.18 bits per heavy atom. The van der Waals surface area contributed by atoms with Crippen LogP contribution in [0, 0.1) is 27.7 Å². The van der Waals surface area contributed by atoms with Gasteiger partial charge in [0.2, 0.25) is 0 Å². The number of azo groups is 3. The summed E-state index contributed by atoms with van der Waals surface area (Å²) in [5.41, 5.74) is 8.41. The van der Waals surface area contributed by atoms with Crippen molar-refractivity contribution in [3.8, 4) is 17.2 Å². The zero-order valence-electron chi connectivity index (χ0n) is 31.0. The first-order valence-corrected chi connectivity index (χ1v) is 17.8. The van der Waals surface area contributed by atoms with Crippen molar-refractivity contribution in [1.29, 1.82) is 0 Å². The van der Waals surface area contributed by atoms with Gasteiger partial charge >= 0.3 is 0 Å². The van der Waals surface area contributed by atoms with Gasteiger partial charge in [-0.2, -0.15) is 25.6 Å². The van der Waals surface area contributed by atoms with Crippen molar-refractivity contribution in [2.75, 3.05) is 19.0 Å². The predicted molar refractivity (Wildman–Crippen MR) is 220 cm³/mol. The maximum Gasteiger partial charge on any atom is 0.150 e. The molecule has 10 nitrogen and oxygen atoms in total. The fraction of sp³-hybridized carbons (Fsp3) is 0.133. The van der Waals surface area contributed by atoms with Crippen LogP contribution in [0.4, 0.5) is 45.5 Å². The molecule has 0 amide bonds. The molecule has 2 N–H and O–H groups in total. The minimum absolute atomic E-state index is 0.0660. The number of aromatic hydroxyl groups is 1. The molecular formula is C45H39N7O3. The van der Waals surface area contributed by atoms with Gasteiger partial charge in [0.05, 0.1) is 42.2 Å². The topological polar surface area (TPSA) is 125 Å². The van der Waals surface area contributed by atoms with Gasteiger partial charge in [-0.1, -0.05) is 24.3 Å². The molecule has 0 aliphatic carbocycles. The summed E-state index contributed by atoms with van der Waals surface area (Å²) in [6.07, 6.45) is 0.442. The molecule has 7 rings (SSSR count). The van der Waals surface area contributed by atoms with Crippen LogP contribution in [0.2, 0.25) is 0 Å². The van der Waals surface area contributed by atoms with E-state index in [1.54, 1.807) is 13.2 Å². The third-order valence-electron chi connectivity index (χ3n) is 9.06. The highest BCUT2D eigenvalue weighted by atomic mass is 16.5. The molecule has 0 aliphatic heterocycles. The van der Waals surface area contributed by atoms with Crippen LogP contribution < -0.4 is 14.8 Å². The minimum atomic E-state index is 0.0660. The summed E-state index contributed by atoms with van der Waals surface area (Å²) in [5, 5.41) is 44.9. The third kappa shape index (κ3) is 8.49. The van der Waals surface area contributed by atoms with Gasteiger partial charge in [-0.25, -0.2) is 0 Å². The van der Waals surface area contributed by atoms with Gasteiger partial charge < -0.3 is 19.9 Å². The van der Waals surface area contributed by atoms with Crippen molar-refractivity contribution >= 4 is 67.0 Å². The van der Waals surface area contributed by atoms with E-state index in [9.17, 15) is 5.11 Å². The fourth-order valence-corrected chi connectivity index (χ4v) is 6.04. The molecule has 0 atom stereocenters. The fourth-order valence-electron chi connectivity index (χ4n) is 6.04. The molecule has 10 heteroatoms. The van der Waals surface area contributed by atoms with Gasteiger partial charge in [-0.05, 0) is 159 Å². The second kappa shape index (κ2) is 16.4. The number of fused-ring (bicyclic) bond motifs is 2. The SMILES string of the molecule is [CH]CCOc1cccc2ccc(N=Nc3ccc(N=Nc4cc(C)c(N=Nc5ccc6cc(Nc7ccc(OC)cc7)ccc6c5O)cc4C)cc3C)cc12. The first-order valence-electron chi connectivity index (χ1n) is 17.8. The second-order valence-corrected chi connectivity index (χ2v) is 13.0. The number of nitrogens with zero attached hydrogens (tertiary/aromatic N) is 6. The summed E-state index contributed by atoms with van der Waals surface area (Å²) < 4.78 is 11.1. The highest BCUT2D eigenvalue weighted by molar-refractivity contribution is 5.95. The average Bonchev–Trinajstić information content (AvgIpc) is 3.20. The number of methoxy groups -OCH3 is 1. The third-order valence-corrected chi connectivity index (χ3v) is 9.06. The Bertz CT molecular complexity index is 2600. The Morgan fingerprint density at radius 3 is 1.91 bits per heavy atom. The van der Waals surface area contributed by atoms with E-state index in [1.165, 1.54) is 0 Å². The lowest BCUT2D eigenvalue weighted by Gasteiger charge is -2.10. The standard InChI is InChI=1S/C45H39N7O3/c1-6-22-55-44-9-7-8-31-10-12-36(27-39(31)44)48-49-40-21-16-35(23-28(40)2)47-51-42-24-30(4)43(25-29(42)3)52-50-41-20-11-32-26-34(15-19-38(32)45(41)53)46-33-13-17-37(54-5)18-14-33/h1,7-21,23-27,46,53H,6,22H2,2-5H3. The molecule has 0 spiro atoms. The van der Waals surface area contributed by atoms with Crippen LogP contribution in [0.25, 0.3) is 21.5 Å². The highest BCUT2D eigenvalue weighted by Gasteiger charge is 2.10. The van der Waals surface area contributed by atoms with Gasteiger partial charge in [0.15, 0.2) is 5.75 Å². The molecule has 2 radical (unpaired) electrons. The molecule has 0 aromatic heterocycles. The van der Waals surface area contributed by atoms with Crippen LogP contribution in [0.3, 0.4) is 0 Å². The maximum atomic E-state index is 11.1. The lowest BCUT2D eigenvalue weighted by Crippen LogP contribution is -1.95. The molecule has 7 aromatic carbocycles. The quantitative estimate of drug-likeness (QED) is 0.122. The van der Waals surface area contributed by atoms with E-state index in [1.807, 2.05) is 136 Å². The number of rotatable bonds is 12. The molecule has 0 bridgehead atoms. The van der Waals surface area contributed by atoms with E-state index >= 15 is 0 Å². The lowest BCUT2D eigenvalue weighted by molar-refractivity contribution is 0.328. The number of ether oxygens (including phenoxy) is 2. The van der Waals surface area contributed by atoms with Crippen molar-refractivity contribution in [3.05, 3.63) is 145 Å².